The summed E-state index contributed by atoms with van der Waals surface area (Å²) < 4.78 is 28.4. The van der Waals surface area contributed by atoms with E-state index in [0.29, 0.717) is 24.3 Å². The quantitative estimate of drug-likeness (QED) is 0.452. The molecule has 5 rings (SSSR count). The molecule has 2 amide bonds. The van der Waals surface area contributed by atoms with E-state index in [4.69, 9.17) is 0 Å². The van der Waals surface area contributed by atoms with Crippen LogP contribution in [0.5, 0.6) is 0 Å². The number of carbonyl (C=O) groups excluding carboxylic acids is 2. The minimum atomic E-state index is -1.07. The number of nitrogens with zero attached hydrogens (tertiary/aromatic N) is 5. The Bertz CT molecular complexity index is 1370. The van der Waals surface area contributed by atoms with Crippen molar-refractivity contribution in [3.8, 4) is 16.9 Å². The monoisotopic (exact) mass is 473 g/mol. The number of halogens is 2. The maximum atomic E-state index is 13.6. The smallest absolute Gasteiger partial charge is 0.257 e. The van der Waals surface area contributed by atoms with Crippen LogP contribution in [0.1, 0.15) is 20.7 Å². The Morgan fingerprint density at radius 3 is 2.17 bits per heavy atom. The van der Waals surface area contributed by atoms with Crippen LogP contribution in [0.15, 0.2) is 79.3 Å². The van der Waals surface area contributed by atoms with Crippen LogP contribution in [0.25, 0.3) is 16.9 Å². The minimum Gasteiger partial charge on any atom is -0.335 e. The fourth-order valence-corrected chi connectivity index (χ4v) is 4.05. The number of rotatable bonds is 4. The van der Waals surface area contributed by atoms with Crippen molar-refractivity contribution in [2.45, 2.75) is 0 Å². The van der Waals surface area contributed by atoms with Gasteiger partial charge in [-0.2, -0.15) is 5.10 Å². The summed E-state index contributed by atoms with van der Waals surface area (Å²) in [4.78, 5) is 33.6. The van der Waals surface area contributed by atoms with Crippen LogP contribution in [0, 0.1) is 11.6 Å². The van der Waals surface area contributed by atoms with Gasteiger partial charge in [-0.1, -0.05) is 18.2 Å². The van der Waals surface area contributed by atoms with Gasteiger partial charge < -0.3 is 9.80 Å². The van der Waals surface area contributed by atoms with Gasteiger partial charge >= 0.3 is 0 Å². The maximum Gasteiger partial charge on any atom is 0.257 e. The van der Waals surface area contributed by atoms with E-state index in [1.807, 2.05) is 36.4 Å². The average molecular weight is 473 g/mol. The second kappa shape index (κ2) is 9.46. The molecule has 0 aliphatic carbocycles. The van der Waals surface area contributed by atoms with Crippen LogP contribution in [0.4, 0.5) is 8.78 Å². The molecule has 176 valence electrons. The molecular weight excluding hydrogens is 452 g/mol. The van der Waals surface area contributed by atoms with Crippen molar-refractivity contribution >= 4 is 11.8 Å². The van der Waals surface area contributed by atoms with Crippen molar-refractivity contribution in [3.63, 3.8) is 0 Å². The van der Waals surface area contributed by atoms with Crippen molar-refractivity contribution < 1.29 is 18.4 Å². The third-order valence-corrected chi connectivity index (χ3v) is 5.92. The minimum absolute atomic E-state index is 0.0756. The fourth-order valence-electron chi connectivity index (χ4n) is 4.05. The largest absolute Gasteiger partial charge is 0.335 e. The van der Waals surface area contributed by atoms with E-state index in [2.05, 4.69) is 10.1 Å². The predicted octanol–water partition coefficient (Wildman–Crippen LogP) is 3.81. The Balaban J connectivity index is 1.36. The number of hydrogen-bond acceptors (Lipinski definition) is 4. The third-order valence-electron chi connectivity index (χ3n) is 5.92. The molecule has 0 radical (unpaired) electrons. The number of pyridine rings is 1. The Hall–Kier alpha value is -4.40. The van der Waals surface area contributed by atoms with E-state index >= 15 is 0 Å². The first kappa shape index (κ1) is 22.4. The summed E-state index contributed by atoms with van der Waals surface area (Å²) in [6.45, 7) is 1.16. The first-order chi connectivity index (χ1) is 17.0. The SMILES string of the molecule is O=C(c1ccc(F)c(F)c1)N1CCN(C(=O)c2cn(-c3ccccc3)nc2-c2cccnc2)CC1. The Kier molecular flexibility index (Phi) is 6.05. The van der Waals surface area contributed by atoms with E-state index in [1.165, 1.54) is 11.0 Å². The summed E-state index contributed by atoms with van der Waals surface area (Å²) in [5.74, 6) is -2.67. The molecule has 1 aliphatic heterocycles. The van der Waals surface area contributed by atoms with Gasteiger partial charge in [-0.05, 0) is 42.5 Å². The van der Waals surface area contributed by atoms with E-state index in [0.717, 1.165) is 23.4 Å². The molecule has 1 saturated heterocycles. The van der Waals surface area contributed by atoms with Crippen molar-refractivity contribution in [2.75, 3.05) is 26.2 Å². The van der Waals surface area contributed by atoms with Crippen LogP contribution >= 0.6 is 0 Å². The standard InChI is InChI=1S/C26H21F2N5O2/c27-22-9-8-18(15-23(22)28)25(34)31-11-13-32(14-12-31)26(35)21-17-33(20-6-2-1-3-7-20)30-24(21)19-5-4-10-29-16-19/h1-10,15-17H,11-14H2. The lowest BCUT2D eigenvalue weighted by molar-refractivity contribution is 0.0535. The zero-order valence-corrected chi connectivity index (χ0v) is 18.6. The van der Waals surface area contributed by atoms with Crippen molar-refractivity contribution in [2.24, 2.45) is 0 Å². The van der Waals surface area contributed by atoms with Gasteiger partial charge in [0.1, 0.15) is 5.69 Å². The Morgan fingerprint density at radius 1 is 0.800 bits per heavy atom. The molecule has 7 nitrogen and oxygen atoms in total. The first-order valence-corrected chi connectivity index (χ1v) is 11.1. The zero-order chi connectivity index (χ0) is 24.4. The molecule has 2 aromatic carbocycles. The van der Waals surface area contributed by atoms with E-state index in [9.17, 15) is 18.4 Å². The number of para-hydroxylation sites is 1. The number of piperazine rings is 1. The molecule has 35 heavy (non-hydrogen) atoms. The Morgan fingerprint density at radius 2 is 1.51 bits per heavy atom. The summed E-state index contributed by atoms with van der Waals surface area (Å²) in [6, 6.07) is 16.2. The highest BCUT2D eigenvalue weighted by molar-refractivity contribution is 6.00. The summed E-state index contributed by atoms with van der Waals surface area (Å²) in [6.07, 6.45) is 5.02. The molecule has 1 aliphatic rings. The van der Waals surface area contributed by atoms with Crippen LogP contribution in [0.3, 0.4) is 0 Å². The van der Waals surface area contributed by atoms with Crippen LogP contribution < -0.4 is 0 Å². The molecule has 0 bridgehead atoms. The summed E-state index contributed by atoms with van der Waals surface area (Å²) in [5, 5.41) is 4.66. The molecule has 4 aromatic rings. The van der Waals surface area contributed by atoms with Gasteiger partial charge in [0.05, 0.1) is 11.3 Å². The molecule has 0 unspecified atom stereocenters. The third kappa shape index (κ3) is 4.52. The molecule has 3 heterocycles. The molecule has 2 aromatic heterocycles. The normalized spacial score (nSPS) is 13.7. The van der Waals surface area contributed by atoms with Crippen LogP contribution in [0.2, 0.25) is 0 Å². The van der Waals surface area contributed by atoms with E-state index in [1.54, 1.807) is 34.2 Å². The predicted molar refractivity (Wildman–Crippen MR) is 125 cm³/mol. The molecule has 0 spiro atoms. The fraction of sp³-hybridized carbons (Fsp3) is 0.154. The van der Waals surface area contributed by atoms with Gasteiger partial charge in [-0.15, -0.1) is 0 Å². The number of benzene rings is 2. The summed E-state index contributed by atoms with van der Waals surface area (Å²) in [5.41, 5.74) is 2.57. The molecule has 1 fully saturated rings. The van der Waals surface area contributed by atoms with Gasteiger partial charge in [0.2, 0.25) is 0 Å². The summed E-state index contributed by atoms with van der Waals surface area (Å²) in [7, 11) is 0. The molecule has 0 N–H and O–H groups in total. The lowest BCUT2D eigenvalue weighted by atomic mass is 10.1. The molecule has 0 saturated carbocycles. The van der Waals surface area contributed by atoms with Gasteiger partial charge in [-0.25, -0.2) is 13.5 Å². The lowest BCUT2D eigenvalue weighted by Crippen LogP contribution is -2.50. The second-order valence-electron chi connectivity index (χ2n) is 8.13. The van der Waals surface area contributed by atoms with Crippen molar-refractivity contribution in [1.29, 1.82) is 0 Å². The maximum absolute atomic E-state index is 13.6. The van der Waals surface area contributed by atoms with E-state index < -0.39 is 17.5 Å². The van der Waals surface area contributed by atoms with Gasteiger partial charge in [0.15, 0.2) is 11.6 Å². The molecule has 0 atom stereocenters. The highest BCUT2D eigenvalue weighted by Crippen LogP contribution is 2.25. The average Bonchev–Trinajstić information content (AvgIpc) is 3.36. The van der Waals surface area contributed by atoms with Crippen molar-refractivity contribution in [3.05, 3.63) is 102 Å². The Labute approximate surface area is 200 Å². The van der Waals surface area contributed by atoms with E-state index in [-0.39, 0.29) is 24.6 Å². The first-order valence-electron chi connectivity index (χ1n) is 11.1. The highest BCUT2D eigenvalue weighted by atomic mass is 19.2. The van der Waals surface area contributed by atoms with Crippen LogP contribution in [-0.2, 0) is 0 Å². The van der Waals surface area contributed by atoms with Crippen molar-refractivity contribution in [1.82, 2.24) is 24.6 Å². The molecule has 9 heteroatoms. The lowest BCUT2D eigenvalue weighted by Gasteiger charge is -2.34. The number of amides is 2. The number of aromatic nitrogens is 3. The number of hydrogen-bond donors (Lipinski definition) is 0. The van der Waals surface area contributed by atoms with Gasteiger partial charge in [0, 0.05) is 55.9 Å². The highest BCUT2D eigenvalue weighted by Gasteiger charge is 2.29. The topological polar surface area (TPSA) is 71.3 Å². The number of carbonyl (C=O) groups is 2. The zero-order valence-electron chi connectivity index (χ0n) is 18.6. The summed E-state index contributed by atoms with van der Waals surface area (Å²) >= 11 is 0. The second-order valence-corrected chi connectivity index (χ2v) is 8.13. The van der Waals surface area contributed by atoms with Gasteiger partial charge in [-0.3, -0.25) is 14.6 Å². The molecular formula is C26H21F2N5O2. The van der Waals surface area contributed by atoms with Gasteiger partial charge in [0.25, 0.3) is 11.8 Å². The van der Waals surface area contributed by atoms with Crippen LogP contribution in [-0.4, -0.2) is 62.6 Å².